The van der Waals surface area contributed by atoms with Crippen LogP contribution in [0.4, 0.5) is 21.7 Å². The number of hydrogen-bond donors (Lipinski definition) is 2. The number of carbonyl (C=O) groups excluding carboxylic acids is 1. The molecule has 0 atom stereocenters. The van der Waals surface area contributed by atoms with Gasteiger partial charge in [-0.2, -0.15) is 0 Å². The van der Waals surface area contributed by atoms with Crippen LogP contribution in [0.3, 0.4) is 0 Å². The predicted octanol–water partition coefficient (Wildman–Crippen LogP) is 6.22. The van der Waals surface area contributed by atoms with E-state index in [2.05, 4.69) is 15.5 Å². The molecule has 2 N–H and O–H groups in total. The zero-order valence-corrected chi connectivity index (χ0v) is 21.4. The molecule has 0 bridgehead atoms. The molecule has 2 aromatic carbocycles. The van der Waals surface area contributed by atoms with Crippen molar-refractivity contribution in [2.24, 2.45) is 12.5 Å². The fourth-order valence-electron chi connectivity index (χ4n) is 3.99. The van der Waals surface area contributed by atoms with Crippen LogP contribution >= 0.6 is 23.2 Å². The number of aromatic nitrogens is 2. The zero-order chi connectivity index (χ0) is 24.6. The number of carbonyl (C=O) groups is 1. The molecule has 1 saturated heterocycles. The highest BCUT2D eigenvalue weighted by molar-refractivity contribution is 6.34. The van der Waals surface area contributed by atoms with Gasteiger partial charge in [0, 0.05) is 32.1 Å². The van der Waals surface area contributed by atoms with Gasteiger partial charge in [-0.3, -0.25) is 4.79 Å². The van der Waals surface area contributed by atoms with Gasteiger partial charge in [-0.05, 0) is 42.7 Å². The number of nitrogens with one attached hydrogen (secondary N) is 2. The molecular weight excluding hydrogens is 476 g/mol. The van der Waals surface area contributed by atoms with Gasteiger partial charge in [0.1, 0.15) is 6.17 Å². The Kier molecular flexibility index (Phi) is 6.97. The maximum atomic E-state index is 13.6. The zero-order valence-electron chi connectivity index (χ0n) is 19.9. The number of aryl methyl sites for hydroxylation is 1. The molecular formula is C25H30Cl2FN5O. The lowest BCUT2D eigenvalue weighted by molar-refractivity contribution is -0.128. The SMILES string of the molecule is Cn1c(Nc2cc(CNC(=O)C(C)(C)C)ccc2Cl)nc2cc(Cl)c(N3CCC(F)CC3)cc21. The van der Waals surface area contributed by atoms with E-state index in [4.69, 9.17) is 28.2 Å². The molecule has 34 heavy (non-hydrogen) atoms. The highest BCUT2D eigenvalue weighted by atomic mass is 35.5. The number of fused-ring (bicyclic) bond motifs is 1. The van der Waals surface area contributed by atoms with Gasteiger partial charge in [0.15, 0.2) is 0 Å². The maximum Gasteiger partial charge on any atom is 0.225 e. The number of amides is 1. The van der Waals surface area contributed by atoms with E-state index in [0.29, 0.717) is 54.2 Å². The summed E-state index contributed by atoms with van der Waals surface area (Å²) < 4.78 is 15.5. The fraction of sp³-hybridized carbons (Fsp3) is 0.440. The van der Waals surface area contributed by atoms with E-state index < -0.39 is 11.6 Å². The van der Waals surface area contributed by atoms with E-state index in [0.717, 1.165) is 22.3 Å². The first-order valence-electron chi connectivity index (χ1n) is 11.4. The van der Waals surface area contributed by atoms with Crippen LogP contribution in [0.5, 0.6) is 0 Å². The van der Waals surface area contributed by atoms with Crippen molar-refractivity contribution in [3.05, 3.63) is 45.9 Å². The topological polar surface area (TPSA) is 62.2 Å². The first kappa shape index (κ1) is 24.6. The van der Waals surface area contributed by atoms with Crippen molar-refractivity contribution in [1.29, 1.82) is 0 Å². The molecule has 0 saturated carbocycles. The van der Waals surface area contributed by atoms with Crippen molar-refractivity contribution in [3.8, 4) is 0 Å². The molecule has 1 aliphatic heterocycles. The van der Waals surface area contributed by atoms with E-state index in [1.54, 1.807) is 6.07 Å². The van der Waals surface area contributed by atoms with Crippen LogP contribution in [-0.4, -0.2) is 34.7 Å². The summed E-state index contributed by atoms with van der Waals surface area (Å²) >= 11 is 13.0. The van der Waals surface area contributed by atoms with Crippen molar-refractivity contribution in [2.75, 3.05) is 23.3 Å². The second-order valence-electron chi connectivity index (χ2n) is 9.82. The van der Waals surface area contributed by atoms with E-state index >= 15 is 0 Å². The summed E-state index contributed by atoms with van der Waals surface area (Å²) in [6.07, 6.45) is 0.281. The number of benzene rings is 2. The molecule has 4 rings (SSSR count). The molecule has 2 heterocycles. The molecule has 0 radical (unpaired) electrons. The number of rotatable bonds is 5. The Morgan fingerprint density at radius 3 is 2.53 bits per heavy atom. The Bertz CT molecular complexity index is 1210. The molecule has 0 unspecified atom stereocenters. The summed E-state index contributed by atoms with van der Waals surface area (Å²) in [4.78, 5) is 19.0. The number of anilines is 3. The first-order chi connectivity index (χ1) is 16.0. The lowest BCUT2D eigenvalue weighted by Crippen LogP contribution is -2.34. The predicted molar refractivity (Wildman–Crippen MR) is 138 cm³/mol. The normalized spacial score (nSPS) is 15.1. The number of halogens is 3. The third-order valence-corrected chi connectivity index (χ3v) is 6.76. The summed E-state index contributed by atoms with van der Waals surface area (Å²) in [7, 11) is 1.92. The van der Waals surface area contributed by atoms with E-state index in [1.165, 1.54) is 0 Å². The molecule has 1 amide bonds. The summed E-state index contributed by atoms with van der Waals surface area (Å²) in [6, 6.07) is 9.45. The Morgan fingerprint density at radius 2 is 1.85 bits per heavy atom. The second kappa shape index (κ2) is 9.62. The smallest absolute Gasteiger partial charge is 0.225 e. The van der Waals surface area contributed by atoms with E-state index in [9.17, 15) is 9.18 Å². The third kappa shape index (κ3) is 5.26. The van der Waals surface area contributed by atoms with Crippen molar-refractivity contribution in [2.45, 2.75) is 46.3 Å². The molecule has 9 heteroatoms. The summed E-state index contributed by atoms with van der Waals surface area (Å²) in [5.41, 5.74) is 3.72. The third-order valence-electron chi connectivity index (χ3n) is 6.13. The molecule has 3 aromatic rings. The number of hydrogen-bond acceptors (Lipinski definition) is 4. The van der Waals surface area contributed by atoms with Crippen molar-refractivity contribution < 1.29 is 9.18 Å². The van der Waals surface area contributed by atoms with Crippen molar-refractivity contribution in [3.63, 3.8) is 0 Å². The maximum absolute atomic E-state index is 13.6. The minimum atomic E-state index is -0.742. The second-order valence-corrected chi connectivity index (χ2v) is 10.6. The number of alkyl halides is 1. The Balaban J connectivity index is 1.57. The van der Waals surface area contributed by atoms with Gasteiger partial charge in [0.25, 0.3) is 0 Å². The Morgan fingerprint density at radius 1 is 1.15 bits per heavy atom. The number of piperidine rings is 1. The van der Waals surface area contributed by atoms with Gasteiger partial charge in [-0.25, -0.2) is 9.37 Å². The van der Waals surface area contributed by atoms with E-state index in [-0.39, 0.29) is 5.91 Å². The molecule has 0 spiro atoms. The molecule has 0 aliphatic carbocycles. The summed E-state index contributed by atoms with van der Waals surface area (Å²) in [5.74, 6) is 0.596. The highest BCUT2D eigenvalue weighted by Crippen LogP contribution is 2.35. The minimum absolute atomic E-state index is 0.0178. The van der Waals surface area contributed by atoms with Gasteiger partial charge in [-0.15, -0.1) is 0 Å². The van der Waals surface area contributed by atoms with Crippen LogP contribution in [0.1, 0.15) is 39.2 Å². The van der Waals surface area contributed by atoms with Crippen LogP contribution in [0.15, 0.2) is 30.3 Å². The average Bonchev–Trinajstić information content (AvgIpc) is 3.07. The van der Waals surface area contributed by atoms with Crippen LogP contribution in [0.2, 0.25) is 10.0 Å². The van der Waals surface area contributed by atoms with Gasteiger partial charge >= 0.3 is 0 Å². The molecule has 1 fully saturated rings. The van der Waals surface area contributed by atoms with Crippen molar-refractivity contribution >= 4 is 57.5 Å². The van der Waals surface area contributed by atoms with E-state index in [1.807, 2.05) is 56.7 Å². The highest BCUT2D eigenvalue weighted by Gasteiger charge is 2.22. The lowest BCUT2D eigenvalue weighted by atomic mass is 9.95. The largest absolute Gasteiger partial charge is 0.370 e. The molecule has 6 nitrogen and oxygen atoms in total. The summed E-state index contributed by atoms with van der Waals surface area (Å²) in [5, 5.41) is 7.42. The van der Waals surface area contributed by atoms with Gasteiger partial charge < -0.3 is 20.1 Å². The average molecular weight is 506 g/mol. The Hall–Kier alpha value is -2.51. The monoisotopic (exact) mass is 505 g/mol. The van der Waals surface area contributed by atoms with Gasteiger partial charge in [0.05, 0.1) is 32.5 Å². The van der Waals surface area contributed by atoms with Crippen LogP contribution in [0.25, 0.3) is 11.0 Å². The summed E-state index contributed by atoms with van der Waals surface area (Å²) in [6.45, 7) is 7.32. The fourth-order valence-corrected chi connectivity index (χ4v) is 4.43. The van der Waals surface area contributed by atoms with Crippen LogP contribution in [0, 0.1) is 5.41 Å². The molecule has 1 aromatic heterocycles. The first-order valence-corrected chi connectivity index (χ1v) is 12.2. The number of nitrogens with zero attached hydrogens (tertiary/aromatic N) is 3. The lowest BCUT2D eigenvalue weighted by Gasteiger charge is -2.31. The van der Waals surface area contributed by atoms with Crippen LogP contribution in [-0.2, 0) is 18.4 Å². The van der Waals surface area contributed by atoms with Crippen LogP contribution < -0.4 is 15.5 Å². The minimum Gasteiger partial charge on any atom is -0.370 e. The molecule has 182 valence electrons. The van der Waals surface area contributed by atoms with Gasteiger partial charge in [-0.1, -0.05) is 50.0 Å². The standard InChI is InChI=1S/C25H30Cl2FN5O/c1-25(2,3)23(34)29-14-15-5-6-17(26)19(11-15)30-24-31-20-12-18(27)21(13-22(20)32(24)4)33-9-7-16(28)8-10-33/h5-6,11-13,16H,7-10,14H2,1-4H3,(H,29,34)(H,30,31). The quantitative estimate of drug-likeness (QED) is 0.431. The molecule has 1 aliphatic rings. The Labute approximate surface area is 209 Å². The number of imidazole rings is 1. The van der Waals surface area contributed by atoms with Crippen molar-refractivity contribution in [1.82, 2.24) is 14.9 Å². The van der Waals surface area contributed by atoms with Gasteiger partial charge in [0.2, 0.25) is 11.9 Å².